The second kappa shape index (κ2) is 5.45. The van der Waals surface area contributed by atoms with Crippen LogP contribution in [0.3, 0.4) is 0 Å². The number of nitrogens with two attached hydrogens (primary N) is 1. The fraction of sp³-hybridized carbons (Fsp3) is 0.667. The maximum Gasteiger partial charge on any atom is 0.223 e. The number of methoxy groups -OCH3 is 1. The summed E-state index contributed by atoms with van der Waals surface area (Å²) < 4.78 is 6.71. The molecule has 1 aromatic heterocycles. The Labute approximate surface area is 88.4 Å². The molecule has 0 unspecified atom stereocenters. The van der Waals surface area contributed by atoms with Gasteiger partial charge in [0.25, 0.3) is 0 Å². The highest BCUT2D eigenvalue weighted by Gasteiger charge is 2.12. The van der Waals surface area contributed by atoms with Gasteiger partial charge in [-0.25, -0.2) is 4.68 Å². The van der Waals surface area contributed by atoms with E-state index in [1.807, 2.05) is 6.92 Å². The fourth-order valence-electron chi connectivity index (χ4n) is 1.42. The Bertz CT molecular complexity index is 335. The Morgan fingerprint density at radius 1 is 1.60 bits per heavy atom. The highest BCUT2D eigenvalue weighted by molar-refractivity contribution is 5.76. The minimum atomic E-state index is -0.386. The Morgan fingerprint density at radius 3 is 2.87 bits per heavy atom. The van der Waals surface area contributed by atoms with Crippen molar-refractivity contribution in [2.24, 2.45) is 5.73 Å². The van der Waals surface area contributed by atoms with Crippen molar-refractivity contribution in [1.82, 2.24) is 15.0 Å². The van der Waals surface area contributed by atoms with Crippen LogP contribution in [0, 0.1) is 0 Å². The van der Waals surface area contributed by atoms with E-state index < -0.39 is 0 Å². The van der Waals surface area contributed by atoms with Crippen LogP contribution in [0.25, 0.3) is 0 Å². The van der Waals surface area contributed by atoms with E-state index in [2.05, 4.69) is 10.3 Å². The van der Waals surface area contributed by atoms with E-state index in [0.717, 1.165) is 12.1 Å². The smallest absolute Gasteiger partial charge is 0.223 e. The lowest BCUT2D eigenvalue weighted by molar-refractivity contribution is -0.117. The fourth-order valence-corrected chi connectivity index (χ4v) is 1.42. The molecule has 2 N–H and O–H groups in total. The maximum atomic E-state index is 10.8. The van der Waals surface area contributed by atoms with Gasteiger partial charge in [-0.2, -0.15) is 0 Å². The second-order valence-corrected chi connectivity index (χ2v) is 3.20. The molecule has 0 bridgehead atoms. The number of aromatic nitrogens is 3. The third kappa shape index (κ3) is 3.02. The summed E-state index contributed by atoms with van der Waals surface area (Å²) in [6, 6.07) is 0. The van der Waals surface area contributed by atoms with Crippen LogP contribution in [0.1, 0.15) is 18.3 Å². The number of primary amides is 1. The number of ether oxygens (including phenoxy) is 1. The normalized spacial score (nSPS) is 10.5. The molecule has 0 aliphatic rings. The van der Waals surface area contributed by atoms with E-state index in [0.29, 0.717) is 18.8 Å². The number of carbonyl (C=O) groups excluding carboxylic acids is 1. The van der Waals surface area contributed by atoms with Crippen LogP contribution in [0.4, 0.5) is 0 Å². The highest BCUT2D eigenvalue weighted by atomic mass is 16.5. The van der Waals surface area contributed by atoms with Crippen LogP contribution in [0.2, 0.25) is 0 Å². The lowest BCUT2D eigenvalue weighted by Gasteiger charge is -2.04. The van der Waals surface area contributed by atoms with Gasteiger partial charge in [-0.1, -0.05) is 12.1 Å². The van der Waals surface area contributed by atoms with Gasteiger partial charge in [-0.05, 0) is 6.42 Å². The first-order chi connectivity index (χ1) is 7.19. The molecule has 1 aromatic rings. The molecule has 0 saturated carbocycles. The number of nitrogens with zero attached hydrogens (tertiary/aromatic N) is 3. The molecule has 1 rings (SSSR count). The lowest BCUT2D eigenvalue weighted by atomic mass is 10.2. The van der Waals surface area contributed by atoms with E-state index in [9.17, 15) is 4.79 Å². The van der Waals surface area contributed by atoms with Crippen LogP contribution in [0.15, 0.2) is 0 Å². The van der Waals surface area contributed by atoms with Gasteiger partial charge < -0.3 is 10.5 Å². The van der Waals surface area contributed by atoms with Gasteiger partial charge in [0, 0.05) is 7.11 Å². The molecular weight excluding hydrogens is 196 g/mol. The summed E-state index contributed by atoms with van der Waals surface area (Å²) in [5.41, 5.74) is 6.73. The van der Waals surface area contributed by atoms with Gasteiger partial charge in [0.15, 0.2) is 0 Å². The van der Waals surface area contributed by atoms with Crippen molar-refractivity contribution in [1.29, 1.82) is 0 Å². The van der Waals surface area contributed by atoms with E-state index in [-0.39, 0.29) is 12.3 Å². The number of hydrogen-bond donors (Lipinski definition) is 1. The monoisotopic (exact) mass is 212 g/mol. The van der Waals surface area contributed by atoms with Crippen molar-refractivity contribution in [3.05, 3.63) is 11.4 Å². The van der Waals surface area contributed by atoms with E-state index in [1.54, 1.807) is 11.8 Å². The molecule has 0 spiro atoms. The van der Waals surface area contributed by atoms with Crippen molar-refractivity contribution < 1.29 is 9.53 Å². The Morgan fingerprint density at radius 2 is 2.33 bits per heavy atom. The van der Waals surface area contributed by atoms with Gasteiger partial charge in [0.05, 0.1) is 31.0 Å². The van der Waals surface area contributed by atoms with Crippen molar-refractivity contribution in [2.45, 2.75) is 26.3 Å². The van der Waals surface area contributed by atoms with Gasteiger partial charge in [-0.3, -0.25) is 4.79 Å². The van der Waals surface area contributed by atoms with Crippen molar-refractivity contribution in [3.63, 3.8) is 0 Å². The first-order valence-corrected chi connectivity index (χ1v) is 4.87. The summed E-state index contributed by atoms with van der Waals surface area (Å²) in [5.74, 6) is -0.386. The Kier molecular flexibility index (Phi) is 4.23. The quantitative estimate of drug-likeness (QED) is 0.690. The molecule has 0 radical (unpaired) electrons. The minimum absolute atomic E-state index is 0.149. The molecule has 1 heterocycles. The molecule has 0 aliphatic heterocycles. The highest BCUT2D eigenvalue weighted by Crippen LogP contribution is 2.06. The molecule has 1 amide bonds. The number of rotatable bonds is 6. The van der Waals surface area contributed by atoms with Gasteiger partial charge in [0.2, 0.25) is 5.91 Å². The molecular formula is C9H16N4O2. The van der Waals surface area contributed by atoms with Gasteiger partial charge in [0.1, 0.15) is 0 Å². The lowest BCUT2D eigenvalue weighted by Crippen LogP contribution is -2.16. The zero-order valence-corrected chi connectivity index (χ0v) is 9.06. The molecule has 0 aliphatic carbocycles. The molecule has 0 saturated heterocycles. The number of hydrogen-bond acceptors (Lipinski definition) is 4. The first kappa shape index (κ1) is 11.6. The van der Waals surface area contributed by atoms with E-state index in [4.69, 9.17) is 10.5 Å². The average molecular weight is 212 g/mol. The van der Waals surface area contributed by atoms with Crippen molar-refractivity contribution in [2.75, 3.05) is 13.7 Å². The molecule has 15 heavy (non-hydrogen) atoms. The van der Waals surface area contributed by atoms with Crippen LogP contribution in [-0.2, 0) is 28.9 Å². The maximum absolute atomic E-state index is 10.8. The van der Waals surface area contributed by atoms with E-state index in [1.165, 1.54) is 0 Å². The Balaban J connectivity index is 2.80. The standard InChI is InChI=1S/C9H16N4O2/c1-3-8-7(6-9(10)14)11-12-13(8)4-5-15-2/h3-6H2,1-2H3,(H2,10,14). The summed E-state index contributed by atoms with van der Waals surface area (Å²) in [4.78, 5) is 10.8. The Hall–Kier alpha value is -1.43. The van der Waals surface area contributed by atoms with Crippen LogP contribution < -0.4 is 5.73 Å². The molecule has 0 aromatic carbocycles. The zero-order valence-electron chi connectivity index (χ0n) is 9.06. The predicted molar refractivity (Wildman–Crippen MR) is 54.2 cm³/mol. The van der Waals surface area contributed by atoms with Gasteiger partial charge >= 0.3 is 0 Å². The average Bonchev–Trinajstić information content (AvgIpc) is 2.56. The van der Waals surface area contributed by atoms with Crippen LogP contribution >= 0.6 is 0 Å². The number of amides is 1. The van der Waals surface area contributed by atoms with Crippen molar-refractivity contribution in [3.8, 4) is 0 Å². The first-order valence-electron chi connectivity index (χ1n) is 4.87. The van der Waals surface area contributed by atoms with Gasteiger partial charge in [-0.15, -0.1) is 5.10 Å². The SMILES string of the molecule is CCc1c(CC(N)=O)nnn1CCOC. The third-order valence-electron chi connectivity index (χ3n) is 2.10. The van der Waals surface area contributed by atoms with Crippen LogP contribution in [0.5, 0.6) is 0 Å². The topological polar surface area (TPSA) is 83.0 Å². The second-order valence-electron chi connectivity index (χ2n) is 3.20. The van der Waals surface area contributed by atoms with Crippen LogP contribution in [-0.4, -0.2) is 34.6 Å². The largest absolute Gasteiger partial charge is 0.383 e. The molecule has 6 heteroatoms. The zero-order chi connectivity index (χ0) is 11.3. The summed E-state index contributed by atoms with van der Waals surface area (Å²) in [6.07, 6.45) is 0.926. The summed E-state index contributed by atoms with van der Waals surface area (Å²) in [6.45, 7) is 3.21. The molecule has 0 fully saturated rings. The summed E-state index contributed by atoms with van der Waals surface area (Å²) in [5, 5.41) is 7.89. The predicted octanol–water partition coefficient (Wildman–Crippen LogP) is -0.485. The summed E-state index contributed by atoms with van der Waals surface area (Å²) in [7, 11) is 1.63. The van der Waals surface area contributed by atoms with E-state index >= 15 is 0 Å². The molecule has 6 nitrogen and oxygen atoms in total. The summed E-state index contributed by atoms with van der Waals surface area (Å²) >= 11 is 0. The number of carbonyl (C=O) groups is 1. The molecule has 84 valence electrons. The third-order valence-corrected chi connectivity index (χ3v) is 2.10. The molecule has 0 atom stereocenters. The minimum Gasteiger partial charge on any atom is -0.383 e. The van der Waals surface area contributed by atoms with Crippen molar-refractivity contribution >= 4 is 5.91 Å².